The lowest BCUT2D eigenvalue weighted by molar-refractivity contribution is -0.126. The number of rotatable bonds is 6. The molecule has 2 heterocycles. The number of likely N-dealkylation sites (tertiary alicyclic amines) is 1. The van der Waals surface area contributed by atoms with Crippen molar-refractivity contribution in [3.8, 4) is 11.5 Å². The highest BCUT2D eigenvalue weighted by Crippen LogP contribution is 2.28. The topological polar surface area (TPSA) is 50.8 Å². The summed E-state index contributed by atoms with van der Waals surface area (Å²) >= 11 is 0. The molecule has 0 saturated carbocycles. The van der Waals surface area contributed by atoms with Crippen LogP contribution in [-0.2, 0) is 11.2 Å². The van der Waals surface area contributed by atoms with Gasteiger partial charge in [-0.3, -0.25) is 9.69 Å². The van der Waals surface area contributed by atoms with Gasteiger partial charge < -0.3 is 14.8 Å². The SMILES string of the molecule is COc1ccc([C@@H](CNC(=O)[C@@H]2COc3ccccc3C2)N2CCCCC2)cc1. The van der Waals surface area contributed by atoms with Gasteiger partial charge in [0.25, 0.3) is 0 Å². The first-order valence-electron chi connectivity index (χ1n) is 10.6. The fourth-order valence-corrected chi connectivity index (χ4v) is 4.35. The molecule has 29 heavy (non-hydrogen) atoms. The standard InChI is InChI=1S/C24H30N2O3/c1-28-21-11-9-18(10-12-21)22(26-13-5-2-6-14-26)16-25-24(27)20-15-19-7-3-4-8-23(19)29-17-20/h3-4,7-12,20,22H,2,5-6,13-17H2,1H3,(H,25,27)/t20-,22+/m0/s1. The molecule has 2 aliphatic heterocycles. The predicted octanol–water partition coefficient (Wildman–Crippen LogP) is 3.59. The number of fused-ring (bicyclic) bond motifs is 1. The molecule has 5 nitrogen and oxygen atoms in total. The first-order chi connectivity index (χ1) is 14.2. The number of carbonyl (C=O) groups excluding carboxylic acids is 1. The van der Waals surface area contributed by atoms with Crippen molar-refractivity contribution in [1.82, 2.24) is 10.2 Å². The molecule has 1 N–H and O–H groups in total. The van der Waals surface area contributed by atoms with E-state index in [1.54, 1.807) is 7.11 Å². The van der Waals surface area contributed by atoms with E-state index in [0.29, 0.717) is 13.2 Å². The van der Waals surface area contributed by atoms with Crippen molar-refractivity contribution in [2.24, 2.45) is 5.92 Å². The molecular weight excluding hydrogens is 364 g/mol. The van der Waals surface area contributed by atoms with Crippen LogP contribution in [0.5, 0.6) is 11.5 Å². The van der Waals surface area contributed by atoms with Crippen molar-refractivity contribution < 1.29 is 14.3 Å². The molecule has 5 heteroatoms. The second-order valence-electron chi connectivity index (χ2n) is 7.95. The van der Waals surface area contributed by atoms with E-state index in [1.165, 1.54) is 24.8 Å². The largest absolute Gasteiger partial charge is 0.497 e. The van der Waals surface area contributed by atoms with Crippen LogP contribution in [0.15, 0.2) is 48.5 Å². The van der Waals surface area contributed by atoms with E-state index in [1.807, 2.05) is 36.4 Å². The average molecular weight is 395 g/mol. The number of para-hydroxylation sites is 1. The van der Waals surface area contributed by atoms with Gasteiger partial charge in [-0.15, -0.1) is 0 Å². The molecule has 0 spiro atoms. The van der Waals surface area contributed by atoms with E-state index in [2.05, 4.69) is 22.3 Å². The second-order valence-corrected chi connectivity index (χ2v) is 7.95. The molecule has 0 unspecified atom stereocenters. The van der Waals surface area contributed by atoms with Crippen LogP contribution in [0.4, 0.5) is 0 Å². The second kappa shape index (κ2) is 9.31. The van der Waals surface area contributed by atoms with Gasteiger partial charge in [0.05, 0.1) is 19.1 Å². The molecule has 1 fully saturated rings. The molecule has 154 valence electrons. The van der Waals surface area contributed by atoms with Gasteiger partial charge in [-0.05, 0) is 61.7 Å². The summed E-state index contributed by atoms with van der Waals surface area (Å²) in [5.74, 6) is 1.70. The van der Waals surface area contributed by atoms with Crippen LogP contribution in [-0.4, -0.2) is 44.2 Å². The van der Waals surface area contributed by atoms with Crippen LogP contribution in [0, 0.1) is 5.92 Å². The quantitative estimate of drug-likeness (QED) is 0.814. The van der Waals surface area contributed by atoms with E-state index < -0.39 is 0 Å². The van der Waals surface area contributed by atoms with Crippen LogP contribution in [0.3, 0.4) is 0 Å². The summed E-state index contributed by atoms with van der Waals surface area (Å²) in [4.78, 5) is 15.4. The summed E-state index contributed by atoms with van der Waals surface area (Å²) in [5, 5.41) is 3.22. The minimum atomic E-state index is -0.136. The van der Waals surface area contributed by atoms with Gasteiger partial charge in [0.15, 0.2) is 0 Å². The van der Waals surface area contributed by atoms with Crippen molar-refractivity contribution in [3.05, 3.63) is 59.7 Å². The lowest BCUT2D eigenvalue weighted by Gasteiger charge is -2.35. The molecule has 1 saturated heterocycles. The van der Waals surface area contributed by atoms with E-state index in [4.69, 9.17) is 9.47 Å². The maximum atomic E-state index is 12.9. The van der Waals surface area contributed by atoms with Crippen LogP contribution >= 0.6 is 0 Å². The zero-order valence-electron chi connectivity index (χ0n) is 17.1. The Kier molecular flexibility index (Phi) is 6.35. The normalized spacial score (nSPS) is 20.2. The number of methoxy groups -OCH3 is 1. The van der Waals surface area contributed by atoms with Crippen molar-refractivity contribution >= 4 is 5.91 Å². The monoisotopic (exact) mass is 394 g/mol. The highest BCUT2D eigenvalue weighted by atomic mass is 16.5. The number of hydrogen-bond donors (Lipinski definition) is 1. The van der Waals surface area contributed by atoms with Crippen LogP contribution < -0.4 is 14.8 Å². The Bertz CT molecular complexity index is 815. The summed E-state index contributed by atoms with van der Waals surface area (Å²) in [6.07, 6.45) is 4.46. The first kappa shape index (κ1) is 19.8. The van der Waals surface area contributed by atoms with E-state index >= 15 is 0 Å². The Labute approximate surface area is 173 Å². The van der Waals surface area contributed by atoms with Gasteiger partial charge in [-0.1, -0.05) is 36.8 Å². The molecule has 2 aromatic rings. The highest BCUT2D eigenvalue weighted by Gasteiger charge is 2.28. The number of ether oxygens (including phenoxy) is 2. The van der Waals surface area contributed by atoms with E-state index in [-0.39, 0.29) is 17.9 Å². The zero-order chi connectivity index (χ0) is 20.1. The molecule has 1 amide bonds. The zero-order valence-corrected chi connectivity index (χ0v) is 17.1. The Hall–Kier alpha value is -2.53. The van der Waals surface area contributed by atoms with Gasteiger partial charge in [-0.25, -0.2) is 0 Å². The number of hydrogen-bond acceptors (Lipinski definition) is 4. The number of nitrogens with one attached hydrogen (secondary N) is 1. The summed E-state index contributed by atoms with van der Waals surface area (Å²) in [6, 6.07) is 16.4. The third-order valence-corrected chi connectivity index (χ3v) is 6.05. The Morgan fingerprint density at radius 2 is 1.90 bits per heavy atom. The van der Waals surface area contributed by atoms with Gasteiger partial charge in [0, 0.05) is 6.54 Å². The van der Waals surface area contributed by atoms with E-state index in [9.17, 15) is 4.79 Å². The molecule has 4 rings (SSSR count). The summed E-state index contributed by atoms with van der Waals surface area (Å²) in [6.45, 7) is 3.21. The number of amides is 1. The van der Waals surface area contributed by atoms with Gasteiger partial charge in [0.1, 0.15) is 18.1 Å². The Balaban J connectivity index is 1.42. The number of carbonyl (C=O) groups is 1. The lowest BCUT2D eigenvalue weighted by atomic mass is 9.95. The molecule has 2 aliphatic rings. The third-order valence-electron chi connectivity index (χ3n) is 6.05. The fourth-order valence-electron chi connectivity index (χ4n) is 4.35. The molecule has 0 bridgehead atoms. The maximum Gasteiger partial charge on any atom is 0.226 e. The third kappa shape index (κ3) is 4.73. The minimum absolute atomic E-state index is 0.0787. The molecule has 0 aromatic heterocycles. The molecular formula is C24H30N2O3. The highest BCUT2D eigenvalue weighted by molar-refractivity contribution is 5.79. The molecule has 2 aromatic carbocycles. The first-order valence-corrected chi connectivity index (χ1v) is 10.6. The lowest BCUT2D eigenvalue weighted by Crippen LogP contribution is -2.44. The number of nitrogens with zero attached hydrogens (tertiary/aromatic N) is 1. The average Bonchev–Trinajstić information content (AvgIpc) is 2.80. The van der Waals surface area contributed by atoms with Crippen molar-refractivity contribution in [3.63, 3.8) is 0 Å². The van der Waals surface area contributed by atoms with Crippen molar-refractivity contribution in [2.75, 3.05) is 33.4 Å². The molecule has 0 radical (unpaired) electrons. The smallest absolute Gasteiger partial charge is 0.226 e. The van der Waals surface area contributed by atoms with Crippen molar-refractivity contribution in [2.45, 2.75) is 31.7 Å². The van der Waals surface area contributed by atoms with Gasteiger partial charge in [0.2, 0.25) is 5.91 Å². The Morgan fingerprint density at radius 3 is 2.66 bits per heavy atom. The Morgan fingerprint density at radius 1 is 1.14 bits per heavy atom. The minimum Gasteiger partial charge on any atom is -0.497 e. The summed E-state index contributed by atoms with van der Waals surface area (Å²) in [7, 11) is 1.68. The van der Waals surface area contributed by atoms with Crippen LogP contribution in [0.25, 0.3) is 0 Å². The fraction of sp³-hybridized carbons (Fsp3) is 0.458. The van der Waals surface area contributed by atoms with Gasteiger partial charge >= 0.3 is 0 Å². The van der Waals surface area contributed by atoms with Crippen LogP contribution in [0.2, 0.25) is 0 Å². The molecule has 2 atom stereocenters. The summed E-state index contributed by atoms with van der Waals surface area (Å²) in [5.41, 5.74) is 2.33. The van der Waals surface area contributed by atoms with Gasteiger partial charge in [-0.2, -0.15) is 0 Å². The van der Waals surface area contributed by atoms with Crippen LogP contribution in [0.1, 0.15) is 36.4 Å². The maximum absolute atomic E-state index is 12.9. The number of piperidine rings is 1. The van der Waals surface area contributed by atoms with E-state index in [0.717, 1.165) is 36.6 Å². The molecule has 0 aliphatic carbocycles. The number of benzene rings is 2. The summed E-state index contributed by atoms with van der Waals surface area (Å²) < 4.78 is 11.1. The predicted molar refractivity (Wildman–Crippen MR) is 113 cm³/mol. The van der Waals surface area contributed by atoms with Crippen molar-refractivity contribution in [1.29, 1.82) is 0 Å².